The van der Waals surface area contributed by atoms with Crippen LogP contribution in [-0.4, -0.2) is 0 Å². The van der Waals surface area contributed by atoms with Crippen LogP contribution in [0.15, 0.2) is 265 Å². The zero-order valence-corrected chi connectivity index (χ0v) is 50.2. The molecule has 0 radical (unpaired) electrons. The summed E-state index contributed by atoms with van der Waals surface area (Å²) in [6, 6.07) is 86.2. The predicted molar refractivity (Wildman–Crippen MR) is 362 cm³/mol. The zero-order valence-electron chi connectivity index (χ0n) is 50.2. The molecule has 1 atom stereocenters. The molecule has 3 heteroatoms. The van der Waals surface area contributed by atoms with E-state index in [0.29, 0.717) is 0 Å². The number of aryl methyl sites for hydroxylation is 2. The number of anilines is 6. The summed E-state index contributed by atoms with van der Waals surface area (Å²) in [6.45, 7) is 24.8. The smallest absolute Gasteiger partial charge is 0.138 e. The Morgan fingerprint density at radius 1 is 0.435 bits per heavy atom. The summed E-state index contributed by atoms with van der Waals surface area (Å²) in [6.07, 6.45) is 6.29. The van der Waals surface area contributed by atoms with E-state index in [9.17, 15) is 0 Å². The summed E-state index contributed by atoms with van der Waals surface area (Å²) < 4.78 is 7.20. The van der Waals surface area contributed by atoms with E-state index in [4.69, 9.17) is 4.42 Å². The molecule has 12 aromatic rings. The molecule has 0 amide bonds. The fourth-order valence-electron chi connectivity index (χ4n) is 14.0. The van der Waals surface area contributed by atoms with E-state index in [-0.39, 0.29) is 10.8 Å². The monoisotopic (exact) mass is 1100 g/mol. The van der Waals surface area contributed by atoms with Gasteiger partial charge in [0.2, 0.25) is 0 Å². The van der Waals surface area contributed by atoms with Crippen molar-refractivity contribution in [1.82, 2.24) is 0 Å². The first-order valence-corrected chi connectivity index (χ1v) is 29.9. The van der Waals surface area contributed by atoms with Crippen LogP contribution < -0.4 is 9.80 Å². The molecule has 1 heterocycles. The van der Waals surface area contributed by atoms with E-state index in [1.807, 2.05) is 6.08 Å². The van der Waals surface area contributed by atoms with Gasteiger partial charge >= 0.3 is 0 Å². The molecular weight excluding hydrogens is 1030 g/mol. The van der Waals surface area contributed by atoms with Crippen LogP contribution in [0.2, 0.25) is 0 Å². The van der Waals surface area contributed by atoms with Crippen molar-refractivity contribution in [3.05, 3.63) is 305 Å². The molecule has 11 aromatic carbocycles. The van der Waals surface area contributed by atoms with Gasteiger partial charge < -0.3 is 14.2 Å². The lowest BCUT2D eigenvalue weighted by Crippen LogP contribution is -2.29. The van der Waals surface area contributed by atoms with Gasteiger partial charge in [0.05, 0.1) is 16.8 Å². The van der Waals surface area contributed by atoms with Gasteiger partial charge in [-0.25, -0.2) is 0 Å². The molecule has 0 aliphatic heterocycles. The second-order valence-corrected chi connectivity index (χ2v) is 25.4. The van der Waals surface area contributed by atoms with Crippen molar-refractivity contribution in [3.63, 3.8) is 0 Å². The maximum Gasteiger partial charge on any atom is 0.138 e. The summed E-state index contributed by atoms with van der Waals surface area (Å²) in [5, 5.41) is 4.52. The molecule has 414 valence electrons. The van der Waals surface area contributed by atoms with E-state index >= 15 is 0 Å². The van der Waals surface area contributed by atoms with E-state index in [1.165, 1.54) is 89.0 Å². The van der Waals surface area contributed by atoms with Crippen molar-refractivity contribution in [3.8, 4) is 33.4 Å². The number of benzene rings is 11. The van der Waals surface area contributed by atoms with Gasteiger partial charge in [-0.2, -0.15) is 0 Å². The van der Waals surface area contributed by atoms with Gasteiger partial charge in [0.1, 0.15) is 11.2 Å². The largest absolute Gasteiger partial charge is 0.456 e. The van der Waals surface area contributed by atoms with Gasteiger partial charge in [0.25, 0.3) is 0 Å². The van der Waals surface area contributed by atoms with Crippen LogP contribution in [0.1, 0.15) is 93.0 Å². The van der Waals surface area contributed by atoms with Gasteiger partial charge in [0, 0.05) is 56.1 Å². The lowest BCUT2D eigenvalue weighted by molar-refractivity contribution is 0.590. The van der Waals surface area contributed by atoms with Crippen molar-refractivity contribution >= 4 is 72.4 Å². The number of rotatable bonds is 10. The highest BCUT2D eigenvalue weighted by atomic mass is 16.3. The Balaban J connectivity index is 1.13. The van der Waals surface area contributed by atoms with Gasteiger partial charge in [0.15, 0.2) is 0 Å². The summed E-state index contributed by atoms with van der Waals surface area (Å²) in [4.78, 5) is 5.02. The highest BCUT2D eigenvalue weighted by Gasteiger charge is 2.54. The predicted octanol–water partition coefficient (Wildman–Crippen LogP) is 23.1. The molecule has 2 aliphatic rings. The number of para-hydroxylation sites is 1. The van der Waals surface area contributed by atoms with Crippen molar-refractivity contribution in [2.45, 2.75) is 78.6 Å². The second kappa shape index (κ2) is 20.3. The third-order valence-corrected chi connectivity index (χ3v) is 18.3. The van der Waals surface area contributed by atoms with Gasteiger partial charge in [-0.3, -0.25) is 0 Å². The standard InChI is InChI=1S/C82H70N2O/c1-11-12-29-64-54(4)82(71-32-21-19-30-65(64)71)72-50-69-57(28-23-33-73(69)83(60-43-37-58(38-44-60)80(5,6)7)62-41-35-52(2)67(48-62)55-24-15-13-16-25-55)47-70(72)78-77-66-31-20-22-34-75(66)85-76(77)51-74(79(78)82)84(61-45-39-59(40-46-61)81(8,9)10)63-42-36-53(3)68(49-63)56-26-17-14-18-27-56/h11-51H,1H2,2-10H3/b29-12-. The van der Waals surface area contributed by atoms with Gasteiger partial charge in [-0.05, 0) is 188 Å². The molecule has 2 aliphatic carbocycles. The highest BCUT2D eigenvalue weighted by molar-refractivity contribution is 6.20. The molecule has 0 N–H and O–H groups in total. The van der Waals surface area contributed by atoms with Crippen molar-refractivity contribution < 1.29 is 4.42 Å². The lowest BCUT2D eigenvalue weighted by Gasteiger charge is -2.37. The first-order valence-electron chi connectivity index (χ1n) is 29.9. The maximum absolute atomic E-state index is 7.20. The number of fused-ring (bicyclic) bond motifs is 12. The molecule has 1 unspecified atom stereocenters. The Hall–Kier alpha value is -9.70. The first-order chi connectivity index (χ1) is 41.1. The molecule has 1 aromatic heterocycles. The normalized spacial score (nSPS) is 14.6. The first kappa shape index (κ1) is 53.3. The molecule has 1 spiro atoms. The van der Waals surface area contributed by atoms with Crippen LogP contribution >= 0.6 is 0 Å². The SMILES string of the molecule is C=C/C=C\C1=C(C)C2(c3ccccc31)c1cc3c(N(c4ccc(C(C)(C)C)cc4)c4ccc(C)c(-c5ccccc5)c4)cccc3cc1-c1c2c(N(c2ccc(C(C)(C)C)cc2)c2ccc(C)c(-c3ccccc3)c2)cc2oc3ccccc3c12. The Morgan fingerprint density at radius 3 is 1.56 bits per heavy atom. The van der Waals surface area contributed by atoms with Crippen molar-refractivity contribution in [2.24, 2.45) is 0 Å². The van der Waals surface area contributed by atoms with Crippen LogP contribution in [0.25, 0.3) is 71.7 Å². The van der Waals surface area contributed by atoms with Crippen LogP contribution in [0.5, 0.6) is 0 Å². The Kier molecular flexibility index (Phi) is 12.7. The molecule has 0 saturated heterocycles. The van der Waals surface area contributed by atoms with Crippen LogP contribution in [0.3, 0.4) is 0 Å². The Morgan fingerprint density at radius 2 is 0.976 bits per heavy atom. The third kappa shape index (κ3) is 8.62. The van der Waals surface area contributed by atoms with Crippen molar-refractivity contribution in [1.29, 1.82) is 0 Å². The summed E-state index contributed by atoms with van der Waals surface area (Å²) in [7, 11) is 0. The molecule has 0 bridgehead atoms. The molecule has 3 nitrogen and oxygen atoms in total. The summed E-state index contributed by atoms with van der Waals surface area (Å²) in [5.74, 6) is 0. The number of allylic oxidation sites excluding steroid dienone is 5. The van der Waals surface area contributed by atoms with Gasteiger partial charge in [-0.15, -0.1) is 0 Å². The van der Waals surface area contributed by atoms with E-state index in [1.54, 1.807) is 0 Å². The molecule has 0 saturated carbocycles. The maximum atomic E-state index is 7.20. The summed E-state index contributed by atoms with van der Waals surface area (Å²) >= 11 is 0. The Bertz CT molecular complexity index is 4690. The lowest BCUT2D eigenvalue weighted by atomic mass is 9.69. The minimum Gasteiger partial charge on any atom is -0.456 e. The summed E-state index contributed by atoms with van der Waals surface area (Å²) in [5.41, 5.74) is 26.9. The average Bonchev–Trinajstić information content (AvgIpc) is 1.51. The van der Waals surface area contributed by atoms with Crippen molar-refractivity contribution in [2.75, 3.05) is 9.80 Å². The van der Waals surface area contributed by atoms with E-state index in [0.717, 1.165) is 66.8 Å². The Labute approximate surface area is 501 Å². The molecule has 0 fully saturated rings. The molecule has 85 heavy (non-hydrogen) atoms. The third-order valence-electron chi connectivity index (χ3n) is 18.3. The number of hydrogen-bond acceptors (Lipinski definition) is 3. The van der Waals surface area contributed by atoms with E-state index < -0.39 is 5.41 Å². The van der Waals surface area contributed by atoms with Crippen LogP contribution in [0, 0.1) is 13.8 Å². The minimum absolute atomic E-state index is 0.0145. The second-order valence-electron chi connectivity index (χ2n) is 25.4. The van der Waals surface area contributed by atoms with Gasteiger partial charge in [-0.1, -0.05) is 218 Å². The number of nitrogens with zero attached hydrogens (tertiary/aromatic N) is 2. The fourth-order valence-corrected chi connectivity index (χ4v) is 14.0. The number of hydrogen-bond donors (Lipinski definition) is 0. The molecular formula is C82H70N2O. The van der Waals surface area contributed by atoms with Crippen LogP contribution in [-0.2, 0) is 16.2 Å². The van der Waals surface area contributed by atoms with E-state index in [2.05, 4.69) is 321 Å². The minimum atomic E-state index is -0.800. The quantitative estimate of drug-likeness (QED) is 0.127. The van der Waals surface area contributed by atoms with Crippen LogP contribution in [0.4, 0.5) is 34.1 Å². The number of furan rings is 1. The average molecular weight is 1100 g/mol. The molecule has 14 rings (SSSR count). The highest BCUT2D eigenvalue weighted by Crippen LogP contribution is 2.67. The fraction of sp³-hybridized carbons (Fsp3) is 0.146. The topological polar surface area (TPSA) is 19.6 Å². The zero-order chi connectivity index (χ0) is 58.5.